The zero-order chi connectivity index (χ0) is 13.4. The molecule has 1 heterocycles. The molecule has 0 aliphatic heterocycles. The molecule has 1 rings (SSSR count). The van der Waals surface area contributed by atoms with E-state index in [2.05, 4.69) is 23.5 Å². The number of ether oxygens (including phenoxy) is 1. The molecule has 0 amide bonds. The van der Waals surface area contributed by atoms with Crippen LogP contribution in [0.1, 0.15) is 24.2 Å². The largest absolute Gasteiger partial charge is 0.462 e. The van der Waals surface area contributed by atoms with Gasteiger partial charge in [0.2, 0.25) is 0 Å². The molecule has 0 radical (unpaired) electrons. The Kier molecular flexibility index (Phi) is 6.57. The maximum atomic E-state index is 11.4. The van der Waals surface area contributed by atoms with Crippen LogP contribution in [0.3, 0.4) is 0 Å². The van der Waals surface area contributed by atoms with Gasteiger partial charge in [-0.3, -0.25) is 0 Å². The van der Waals surface area contributed by atoms with Gasteiger partial charge in [-0.1, -0.05) is 6.92 Å². The molecular formula is C13H20N2O2S. The number of carbonyl (C=O) groups is 1. The molecule has 0 bridgehead atoms. The van der Waals surface area contributed by atoms with Gasteiger partial charge in [0.1, 0.15) is 5.82 Å². The van der Waals surface area contributed by atoms with Crippen LogP contribution in [0.4, 0.5) is 5.82 Å². The summed E-state index contributed by atoms with van der Waals surface area (Å²) >= 11 is 1.84. The summed E-state index contributed by atoms with van der Waals surface area (Å²) in [5, 5.41) is 3.25. The summed E-state index contributed by atoms with van der Waals surface area (Å²) in [5.74, 6) is 2.17. The topological polar surface area (TPSA) is 51.2 Å². The Morgan fingerprint density at radius 1 is 1.56 bits per heavy atom. The van der Waals surface area contributed by atoms with E-state index in [1.54, 1.807) is 25.3 Å². The average molecular weight is 268 g/mol. The Bertz CT molecular complexity index is 368. The first-order valence-corrected chi connectivity index (χ1v) is 7.42. The molecule has 1 atom stereocenters. The Morgan fingerprint density at radius 2 is 2.33 bits per heavy atom. The van der Waals surface area contributed by atoms with E-state index in [1.807, 2.05) is 11.8 Å². The van der Waals surface area contributed by atoms with Gasteiger partial charge in [-0.15, -0.1) is 0 Å². The molecule has 0 aliphatic rings. The van der Waals surface area contributed by atoms with E-state index in [4.69, 9.17) is 4.74 Å². The molecule has 18 heavy (non-hydrogen) atoms. The number of nitrogens with zero attached hydrogens (tertiary/aromatic N) is 1. The number of pyridine rings is 1. The van der Waals surface area contributed by atoms with Crippen molar-refractivity contribution in [2.75, 3.05) is 30.5 Å². The third-order valence-corrected chi connectivity index (χ3v) is 3.26. The van der Waals surface area contributed by atoms with Gasteiger partial charge < -0.3 is 10.1 Å². The van der Waals surface area contributed by atoms with Crippen molar-refractivity contribution in [3.05, 3.63) is 23.9 Å². The lowest BCUT2D eigenvalue weighted by atomic mass is 10.2. The van der Waals surface area contributed by atoms with Crippen molar-refractivity contribution in [3.8, 4) is 0 Å². The number of anilines is 1. The molecule has 0 fully saturated rings. The van der Waals surface area contributed by atoms with Crippen molar-refractivity contribution >= 4 is 23.5 Å². The number of esters is 1. The van der Waals surface area contributed by atoms with E-state index in [1.165, 1.54) is 0 Å². The monoisotopic (exact) mass is 268 g/mol. The lowest BCUT2D eigenvalue weighted by Crippen LogP contribution is -2.14. The number of nitrogens with one attached hydrogen (secondary N) is 1. The van der Waals surface area contributed by atoms with Crippen LogP contribution in [-0.4, -0.2) is 36.1 Å². The first-order valence-electron chi connectivity index (χ1n) is 6.03. The Hall–Kier alpha value is -1.23. The second-order valence-electron chi connectivity index (χ2n) is 4.09. The maximum absolute atomic E-state index is 11.4. The van der Waals surface area contributed by atoms with Gasteiger partial charge in [-0.2, -0.15) is 11.8 Å². The molecule has 0 saturated heterocycles. The van der Waals surface area contributed by atoms with Crippen LogP contribution in [-0.2, 0) is 4.74 Å². The minimum atomic E-state index is -0.327. The van der Waals surface area contributed by atoms with Crippen molar-refractivity contribution in [3.63, 3.8) is 0 Å². The molecule has 4 nitrogen and oxygen atoms in total. The molecule has 5 heteroatoms. The van der Waals surface area contributed by atoms with E-state index in [0.717, 1.165) is 18.1 Å². The quantitative estimate of drug-likeness (QED) is 0.770. The summed E-state index contributed by atoms with van der Waals surface area (Å²) in [6, 6.07) is 3.53. The SMILES string of the molecule is CCOC(=O)c1ccc(NCC(C)CSC)nc1. The van der Waals surface area contributed by atoms with Gasteiger partial charge in [0.15, 0.2) is 0 Å². The second-order valence-corrected chi connectivity index (χ2v) is 5.00. The van der Waals surface area contributed by atoms with Gasteiger partial charge in [0.25, 0.3) is 0 Å². The predicted molar refractivity (Wildman–Crippen MR) is 76.2 cm³/mol. The summed E-state index contributed by atoms with van der Waals surface area (Å²) in [5.41, 5.74) is 0.486. The van der Waals surface area contributed by atoms with Gasteiger partial charge in [0, 0.05) is 12.7 Å². The van der Waals surface area contributed by atoms with Crippen molar-refractivity contribution in [1.29, 1.82) is 0 Å². The number of hydrogen-bond donors (Lipinski definition) is 1. The smallest absolute Gasteiger partial charge is 0.339 e. The van der Waals surface area contributed by atoms with Crippen LogP contribution >= 0.6 is 11.8 Å². The van der Waals surface area contributed by atoms with E-state index in [0.29, 0.717) is 18.1 Å². The molecular weight excluding hydrogens is 248 g/mol. The number of hydrogen-bond acceptors (Lipinski definition) is 5. The number of thioether (sulfide) groups is 1. The highest BCUT2D eigenvalue weighted by atomic mass is 32.2. The average Bonchev–Trinajstić information content (AvgIpc) is 2.37. The van der Waals surface area contributed by atoms with Crippen molar-refractivity contribution in [2.45, 2.75) is 13.8 Å². The minimum Gasteiger partial charge on any atom is -0.462 e. The summed E-state index contributed by atoms with van der Waals surface area (Å²) in [6.45, 7) is 5.24. The summed E-state index contributed by atoms with van der Waals surface area (Å²) in [4.78, 5) is 15.6. The van der Waals surface area contributed by atoms with Crippen LogP contribution in [0.15, 0.2) is 18.3 Å². The van der Waals surface area contributed by atoms with Crippen LogP contribution in [0, 0.1) is 5.92 Å². The van der Waals surface area contributed by atoms with Crippen molar-refractivity contribution in [2.24, 2.45) is 5.92 Å². The first kappa shape index (κ1) is 14.8. The fraction of sp³-hybridized carbons (Fsp3) is 0.538. The van der Waals surface area contributed by atoms with Crippen LogP contribution in [0.25, 0.3) is 0 Å². The maximum Gasteiger partial charge on any atom is 0.339 e. The fourth-order valence-corrected chi connectivity index (χ4v) is 2.14. The molecule has 0 aromatic carbocycles. The zero-order valence-electron chi connectivity index (χ0n) is 11.1. The summed E-state index contributed by atoms with van der Waals surface area (Å²) in [6.07, 6.45) is 3.64. The van der Waals surface area contributed by atoms with Crippen LogP contribution in [0.5, 0.6) is 0 Å². The van der Waals surface area contributed by atoms with Gasteiger partial charge in [0.05, 0.1) is 12.2 Å². The molecule has 1 unspecified atom stereocenters. The molecule has 1 N–H and O–H groups in total. The van der Waals surface area contributed by atoms with Crippen LogP contribution in [0.2, 0.25) is 0 Å². The Balaban J connectivity index is 2.47. The highest BCUT2D eigenvalue weighted by Crippen LogP contribution is 2.09. The lowest BCUT2D eigenvalue weighted by molar-refractivity contribution is 0.0526. The standard InChI is InChI=1S/C13H20N2O2S/c1-4-17-13(16)11-5-6-12(15-8-11)14-7-10(2)9-18-3/h5-6,8,10H,4,7,9H2,1-3H3,(H,14,15). The highest BCUT2D eigenvalue weighted by Gasteiger charge is 2.07. The predicted octanol–water partition coefficient (Wildman–Crippen LogP) is 2.67. The second kappa shape index (κ2) is 7.97. The third kappa shape index (κ3) is 4.96. The minimum absolute atomic E-state index is 0.327. The zero-order valence-corrected chi connectivity index (χ0v) is 11.9. The van der Waals surface area contributed by atoms with Crippen LogP contribution < -0.4 is 5.32 Å². The number of carbonyl (C=O) groups excluding carboxylic acids is 1. The molecule has 0 aliphatic carbocycles. The highest BCUT2D eigenvalue weighted by molar-refractivity contribution is 7.98. The first-order chi connectivity index (χ1) is 8.67. The van der Waals surface area contributed by atoms with Gasteiger partial charge >= 0.3 is 5.97 Å². The summed E-state index contributed by atoms with van der Waals surface area (Å²) in [7, 11) is 0. The van der Waals surface area contributed by atoms with Crippen molar-refractivity contribution < 1.29 is 9.53 Å². The fourth-order valence-electron chi connectivity index (χ4n) is 1.46. The summed E-state index contributed by atoms with van der Waals surface area (Å²) < 4.78 is 4.90. The molecule has 0 spiro atoms. The van der Waals surface area contributed by atoms with E-state index >= 15 is 0 Å². The number of rotatable bonds is 7. The van der Waals surface area contributed by atoms with Gasteiger partial charge in [-0.25, -0.2) is 9.78 Å². The Labute approximate surface area is 113 Å². The molecule has 0 saturated carbocycles. The van der Waals surface area contributed by atoms with E-state index < -0.39 is 0 Å². The molecule has 1 aromatic rings. The lowest BCUT2D eigenvalue weighted by Gasteiger charge is -2.11. The van der Waals surface area contributed by atoms with E-state index in [-0.39, 0.29) is 5.97 Å². The number of aromatic nitrogens is 1. The normalized spacial score (nSPS) is 11.9. The third-order valence-electron chi connectivity index (χ3n) is 2.36. The molecule has 1 aromatic heterocycles. The Morgan fingerprint density at radius 3 is 2.89 bits per heavy atom. The molecule has 100 valence electrons. The van der Waals surface area contributed by atoms with E-state index in [9.17, 15) is 4.79 Å². The van der Waals surface area contributed by atoms with Gasteiger partial charge in [-0.05, 0) is 37.0 Å². The van der Waals surface area contributed by atoms with Crippen molar-refractivity contribution in [1.82, 2.24) is 4.98 Å².